The van der Waals surface area contributed by atoms with Gasteiger partial charge < -0.3 is 5.32 Å². The van der Waals surface area contributed by atoms with E-state index in [-0.39, 0.29) is 11.8 Å². The summed E-state index contributed by atoms with van der Waals surface area (Å²) in [5.41, 5.74) is 3.67. The lowest BCUT2D eigenvalue weighted by Gasteiger charge is -2.31. The number of halogens is 2. The van der Waals surface area contributed by atoms with E-state index in [1.165, 1.54) is 11.1 Å². The lowest BCUT2D eigenvalue weighted by Crippen LogP contribution is -2.40. The van der Waals surface area contributed by atoms with Crippen LogP contribution < -0.4 is 5.32 Å². The predicted octanol–water partition coefficient (Wildman–Crippen LogP) is 5.56. The number of rotatable bonds is 8. The first-order valence-corrected chi connectivity index (χ1v) is 12.0. The quantitative estimate of drug-likeness (QED) is 0.533. The summed E-state index contributed by atoms with van der Waals surface area (Å²) in [6.45, 7) is 5.39. The number of aryl methyl sites for hydroxylation is 1. The third-order valence-corrected chi connectivity index (χ3v) is 7.18. The Balaban J connectivity index is 1.34. The van der Waals surface area contributed by atoms with Crippen molar-refractivity contribution in [3.63, 3.8) is 0 Å². The number of thioether (sulfide) groups is 1. The molecule has 6 heteroatoms. The molecular weight excluding hydrogens is 423 g/mol. The molecule has 1 aliphatic rings. The molecule has 3 rings (SSSR count). The fraction of sp³-hybridized carbons (Fsp3) is 0.435. The van der Waals surface area contributed by atoms with Crippen LogP contribution in [-0.4, -0.2) is 36.2 Å². The Morgan fingerprint density at radius 3 is 2.48 bits per heavy atom. The molecule has 0 spiro atoms. The van der Waals surface area contributed by atoms with Crippen LogP contribution in [0.2, 0.25) is 10.0 Å². The zero-order valence-corrected chi connectivity index (χ0v) is 19.1. The van der Waals surface area contributed by atoms with E-state index in [4.69, 9.17) is 23.2 Å². The number of nitrogens with zero attached hydrogens (tertiary/aromatic N) is 1. The van der Waals surface area contributed by atoms with E-state index in [0.29, 0.717) is 10.0 Å². The third kappa shape index (κ3) is 6.65. The second kappa shape index (κ2) is 11.3. The normalized spacial score (nSPS) is 15.4. The monoisotopic (exact) mass is 450 g/mol. The van der Waals surface area contributed by atoms with Gasteiger partial charge in [0.25, 0.3) is 0 Å². The highest BCUT2D eigenvalue weighted by Crippen LogP contribution is 2.27. The van der Waals surface area contributed by atoms with Gasteiger partial charge in [-0.1, -0.05) is 53.5 Å². The third-order valence-electron chi connectivity index (χ3n) is 5.47. The highest BCUT2D eigenvalue weighted by atomic mass is 35.5. The smallest absolute Gasteiger partial charge is 0.223 e. The number of nitrogens with one attached hydrogen (secondary N) is 1. The SMILES string of the molecule is Cc1ccccc1CSCCNC(=O)C1CCN(Cc2c(Cl)cccc2Cl)CC1. The van der Waals surface area contributed by atoms with E-state index in [1.54, 1.807) is 0 Å². The van der Waals surface area contributed by atoms with Gasteiger partial charge in [-0.25, -0.2) is 0 Å². The number of carbonyl (C=O) groups excluding carboxylic acids is 1. The van der Waals surface area contributed by atoms with Crippen LogP contribution in [0.4, 0.5) is 0 Å². The van der Waals surface area contributed by atoms with Gasteiger partial charge in [-0.3, -0.25) is 9.69 Å². The van der Waals surface area contributed by atoms with Gasteiger partial charge in [-0.2, -0.15) is 11.8 Å². The summed E-state index contributed by atoms with van der Waals surface area (Å²) in [6, 6.07) is 14.1. The Morgan fingerprint density at radius 1 is 1.10 bits per heavy atom. The first-order chi connectivity index (χ1) is 14.0. The maximum Gasteiger partial charge on any atom is 0.223 e. The van der Waals surface area contributed by atoms with Gasteiger partial charge in [0.2, 0.25) is 5.91 Å². The molecule has 2 aromatic rings. The number of benzene rings is 2. The van der Waals surface area contributed by atoms with Gasteiger partial charge in [0, 0.05) is 46.1 Å². The molecule has 0 aliphatic carbocycles. The predicted molar refractivity (Wildman–Crippen MR) is 125 cm³/mol. The fourth-order valence-electron chi connectivity index (χ4n) is 3.61. The van der Waals surface area contributed by atoms with Crippen LogP contribution >= 0.6 is 35.0 Å². The van der Waals surface area contributed by atoms with Crippen molar-refractivity contribution < 1.29 is 4.79 Å². The molecular formula is C23H28Cl2N2OS. The van der Waals surface area contributed by atoms with E-state index < -0.39 is 0 Å². The standard InChI is InChI=1S/C23H28Cl2N2OS/c1-17-5-2-3-6-19(17)16-29-14-11-26-23(28)18-9-12-27(13-10-18)15-20-21(24)7-4-8-22(20)25/h2-8,18H,9-16H2,1H3,(H,26,28). The van der Waals surface area contributed by atoms with Crippen LogP contribution in [0.3, 0.4) is 0 Å². The first-order valence-electron chi connectivity index (χ1n) is 10.1. The highest BCUT2D eigenvalue weighted by molar-refractivity contribution is 7.98. The second-order valence-corrected chi connectivity index (χ2v) is 9.44. The van der Waals surface area contributed by atoms with Gasteiger partial charge in [-0.15, -0.1) is 0 Å². The average Bonchev–Trinajstić information content (AvgIpc) is 2.72. The lowest BCUT2D eigenvalue weighted by atomic mass is 9.95. The van der Waals surface area contributed by atoms with Crippen molar-refractivity contribution >= 4 is 40.9 Å². The van der Waals surface area contributed by atoms with Crippen molar-refractivity contribution in [3.8, 4) is 0 Å². The highest BCUT2D eigenvalue weighted by Gasteiger charge is 2.25. The number of amides is 1. The Kier molecular flexibility index (Phi) is 8.73. The summed E-state index contributed by atoms with van der Waals surface area (Å²) < 4.78 is 0. The molecule has 0 atom stereocenters. The Hall–Kier alpha value is -1.20. The zero-order chi connectivity index (χ0) is 20.6. The minimum absolute atomic E-state index is 0.106. The van der Waals surface area contributed by atoms with Crippen molar-refractivity contribution in [2.75, 3.05) is 25.4 Å². The summed E-state index contributed by atoms with van der Waals surface area (Å²) in [5.74, 6) is 2.22. The van der Waals surface area contributed by atoms with E-state index in [9.17, 15) is 4.79 Å². The second-order valence-electron chi connectivity index (χ2n) is 7.52. The van der Waals surface area contributed by atoms with Gasteiger partial charge in [0.1, 0.15) is 0 Å². The van der Waals surface area contributed by atoms with Crippen LogP contribution in [0.5, 0.6) is 0 Å². The molecule has 156 valence electrons. The molecule has 1 saturated heterocycles. The topological polar surface area (TPSA) is 32.3 Å². The number of piperidine rings is 1. The largest absolute Gasteiger partial charge is 0.355 e. The molecule has 0 bridgehead atoms. The Labute approximate surface area is 188 Å². The molecule has 29 heavy (non-hydrogen) atoms. The van der Waals surface area contributed by atoms with Crippen molar-refractivity contribution in [1.82, 2.24) is 10.2 Å². The van der Waals surface area contributed by atoms with Gasteiger partial charge >= 0.3 is 0 Å². The summed E-state index contributed by atoms with van der Waals surface area (Å²) >= 11 is 14.4. The number of likely N-dealkylation sites (tertiary alicyclic amines) is 1. The zero-order valence-electron chi connectivity index (χ0n) is 16.8. The molecule has 0 saturated carbocycles. The van der Waals surface area contributed by atoms with Crippen LogP contribution in [0.25, 0.3) is 0 Å². The van der Waals surface area contributed by atoms with Crippen molar-refractivity contribution in [2.45, 2.75) is 32.1 Å². The number of carbonyl (C=O) groups is 1. The minimum atomic E-state index is 0.106. The van der Waals surface area contributed by atoms with Crippen molar-refractivity contribution in [3.05, 3.63) is 69.2 Å². The van der Waals surface area contributed by atoms with Crippen molar-refractivity contribution in [2.24, 2.45) is 5.92 Å². The maximum atomic E-state index is 12.5. The summed E-state index contributed by atoms with van der Waals surface area (Å²) in [5, 5.41) is 4.53. The number of hydrogen-bond donors (Lipinski definition) is 1. The van der Waals surface area contributed by atoms with Crippen LogP contribution in [0, 0.1) is 12.8 Å². The minimum Gasteiger partial charge on any atom is -0.355 e. The molecule has 2 aromatic carbocycles. The summed E-state index contributed by atoms with van der Waals surface area (Å²) in [6.07, 6.45) is 1.76. The van der Waals surface area contributed by atoms with E-state index in [0.717, 1.165) is 56.1 Å². The molecule has 3 nitrogen and oxygen atoms in total. The van der Waals surface area contributed by atoms with E-state index in [2.05, 4.69) is 41.4 Å². The van der Waals surface area contributed by atoms with Crippen LogP contribution in [0.1, 0.15) is 29.5 Å². The maximum absolute atomic E-state index is 12.5. The first kappa shape index (κ1) is 22.5. The van der Waals surface area contributed by atoms with Crippen LogP contribution in [-0.2, 0) is 17.1 Å². The van der Waals surface area contributed by atoms with Gasteiger partial charge in [0.05, 0.1) is 0 Å². The molecule has 1 heterocycles. The Morgan fingerprint density at radius 2 is 1.79 bits per heavy atom. The average molecular weight is 451 g/mol. The molecule has 1 aliphatic heterocycles. The lowest BCUT2D eigenvalue weighted by molar-refractivity contribution is -0.126. The van der Waals surface area contributed by atoms with Gasteiger partial charge in [-0.05, 0) is 56.1 Å². The van der Waals surface area contributed by atoms with Crippen LogP contribution in [0.15, 0.2) is 42.5 Å². The Bertz CT molecular complexity index is 802. The molecule has 1 amide bonds. The molecule has 0 radical (unpaired) electrons. The van der Waals surface area contributed by atoms with E-state index >= 15 is 0 Å². The fourth-order valence-corrected chi connectivity index (χ4v) is 5.06. The van der Waals surface area contributed by atoms with E-state index in [1.807, 2.05) is 30.0 Å². The number of hydrogen-bond acceptors (Lipinski definition) is 3. The molecule has 0 unspecified atom stereocenters. The molecule has 1 fully saturated rings. The summed E-state index contributed by atoms with van der Waals surface area (Å²) in [7, 11) is 0. The summed E-state index contributed by atoms with van der Waals surface area (Å²) in [4.78, 5) is 14.8. The molecule has 0 aromatic heterocycles. The van der Waals surface area contributed by atoms with Crippen molar-refractivity contribution in [1.29, 1.82) is 0 Å². The van der Waals surface area contributed by atoms with Gasteiger partial charge in [0.15, 0.2) is 0 Å². The molecule has 1 N–H and O–H groups in total.